The Morgan fingerprint density at radius 1 is 1.21 bits per heavy atom. The van der Waals surface area contributed by atoms with E-state index in [9.17, 15) is 8.78 Å². The third-order valence-electron chi connectivity index (χ3n) is 3.57. The number of unbranched alkanes of at least 4 members (excludes halogenated alkanes) is 1. The Kier molecular flexibility index (Phi) is 6.73. The van der Waals surface area contributed by atoms with Gasteiger partial charge in [-0.3, -0.25) is 0 Å². The smallest absolute Gasteiger partial charge is 0.142 e. The molecule has 1 aromatic carbocycles. The van der Waals surface area contributed by atoms with Gasteiger partial charge in [0.1, 0.15) is 11.6 Å². The van der Waals surface area contributed by atoms with Crippen molar-refractivity contribution in [2.75, 3.05) is 0 Å². The van der Waals surface area contributed by atoms with Gasteiger partial charge in [-0.05, 0) is 24.5 Å². The molecule has 0 fully saturated rings. The molecule has 0 aromatic heterocycles. The lowest BCUT2D eigenvalue weighted by Gasteiger charge is -2.20. The van der Waals surface area contributed by atoms with Crippen molar-refractivity contribution in [2.45, 2.75) is 52.0 Å². The van der Waals surface area contributed by atoms with Crippen molar-refractivity contribution in [3.8, 4) is 0 Å². The average molecular weight is 290 g/mol. The molecule has 108 valence electrons. The maximum absolute atomic E-state index is 13.8. The molecular formula is C15H22ClF2N. The van der Waals surface area contributed by atoms with Gasteiger partial charge >= 0.3 is 0 Å². The van der Waals surface area contributed by atoms with E-state index in [1.54, 1.807) is 0 Å². The van der Waals surface area contributed by atoms with Crippen molar-refractivity contribution in [1.29, 1.82) is 0 Å². The number of hydrogen-bond acceptors (Lipinski definition) is 1. The molecule has 0 heterocycles. The number of nitrogens with two attached hydrogens (primary N) is 1. The fourth-order valence-electron chi connectivity index (χ4n) is 2.29. The Bertz CT molecular complexity index is 409. The second-order valence-electron chi connectivity index (χ2n) is 5.05. The Labute approximate surface area is 119 Å². The molecule has 19 heavy (non-hydrogen) atoms. The zero-order valence-electron chi connectivity index (χ0n) is 11.6. The van der Waals surface area contributed by atoms with Crippen molar-refractivity contribution in [3.63, 3.8) is 0 Å². The SMILES string of the molecule is CCCCC(CC)CC(N)c1cc(F)c(Cl)cc1F. The normalized spacial score (nSPS) is 14.4. The topological polar surface area (TPSA) is 26.0 Å². The van der Waals surface area contributed by atoms with Crippen molar-refractivity contribution in [1.82, 2.24) is 0 Å². The quantitative estimate of drug-likeness (QED) is 0.684. The Morgan fingerprint density at radius 2 is 1.89 bits per heavy atom. The van der Waals surface area contributed by atoms with Crippen LogP contribution in [0.3, 0.4) is 0 Å². The van der Waals surface area contributed by atoms with Crippen molar-refractivity contribution < 1.29 is 8.78 Å². The minimum atomic E-state index is -0.616. The first-order chi connectivity index (χ1) is 8.99. The lowest BCUT2D eigenvalue weighted by atomic mass is 9.89. The van der Waals surface area contributed by atoms with Crippen LogP contribution in [0, 0.1) is 17.6 Å². The van der Waals surface area contributed by atoms with E-state index >= 15 is 0 Å². The van der Waals surface area contributed by atoms with E-state index < -0.39 is 17.7 Å². The van der Waals surface area contributed by atoms with Gasteiger partial charge in [0.2, 0.25) is 0 Å². The zero-order valence-corrected chi connectivity index (χ0v) is 12.3. The van der Waals surface area contributed by atoms with Crippen LogP contribution in [-0.4, -0.2) is 0 Å². The van der Waals surface area contributed by atoms with Crippen LogP contribution in [0.1, 0.15) is 57.6 Å². The summed E-state index contributed by atoms with van der Waals surface area (Å²) in [5, 5.41) is -0.202. The van der Waals surface area contributed by atoms with Gasteiger partial charge in [-0.15, -0.1) is 0 Å². The van der Waals surface area contributed by atoms with Gasteiger partial charge in [0.15, 0.2) is 0 Å². The summed E-state index contributed by atoms with van der Waals surface area (Å²) in [6, 6.07) is 1.64. The van der Waals surface area contributed by atoms with E-state index in [1.165, 1.54) is 0 Å². The molecule has 0 radical (unpaired) electrons. The second kappa shape index (κ2) is 7.81. The number of benzene rings is 1. The minimum absolute atomic E-state index is 0.202. The predicted octanol–water partition coefficient (Wildman–Crippen LogP) is 5.22. The highest BCUT2D eigenvalue weighted by molar-refractivity contribution is 6.30. The fourth-order valence-corrected chi connectivity index (χ4v) is 2.44. The molecule has 0 aliphatic carbocycles. The van der Waals surface area contributed by atoms with Crippen LogP contribution < -0.4 is 5.73 Å². The van der Waals surface area contributed by atoms with Gasteiger partial charge < -0.3 is 5.73 Å². The van der Waals surface area contributed by atoms with Crippen LogP contribution in [0.4, 0.5) is 8.78 Å². The van der Waals surface area contributed by atoms with Crippen molar-refractivity contribution in [2.24, 2.45) is 11.7 Å². The molecule has 0 bridgehead atoms. The maximum Gasteiger partial charge on any atom is 0.142 e. The highest BCUT2D eigenvalue weighted by Crippen LogP contribution is 2.29. The van der Waals surface area contributed by atoms with Gasteiger partial charge in [0, 0.05) is 11.6 Å². The van der Waals surface area contributed by atoms with Gasteiger partial charge in [-0.25, -0.2) is 8.78 Å². The first kappa shape index (κ1) is 16.4. The third kappa shape index (κ3) is 4.73. The molecule has 0 saturated heterocycles. The van der Waals surface area contributed by atoms with E-state index in [4.69, 9.17) is 17.3 Å². The van der Waals surface area contributed by atoms with Gasteiger partial charge in [-0.2, -0.15) is 0 Å². The summed E-state index contributed by atoms with van der Waals surface area (Å²) in [4.78, 5) is 0. The molecule has 0 spiro atoms. The molecule has 0 saturated carbocycles. The minimum Gasteiger partial charge on any atom is -0.324 e. The Hall–Kier alpha value is -0.670. The molecule has 2 atom stereocenters. The lowest BCUT2D eigenvalue weighted by molar-refractivity contribution is 0.382. The zero-order chi connectivity index (χ0) is 14.4. The summed E-state index contributed by atoms with van der Waals surface area (Å²) in [6.45, 7) is 4.24. The molecule has 1 aromatic rings. The fraction of sp³-hybridized carbons (Fsp3) is 0.600. The second-order valence-corrected chi connectivity index (χ2v) is 5.45. The Morgan fingerprint density at radius 3 is 2.47 bits per heavy atom. The summed E-state index contributed by atoms with van der Waals surface area (Å²) in [7, 11) is 0. The van der Waals surface area contributed by atoms with Crippen LogP contribution in [0.2, 0.25) is 5.02 Å². The number of hydrogen-bond donors (Lipinski definition) is 1. The highest BCUT2D eigenvalue weighted by Gasteiger charge is 2.18. The van der Waals surface area contributed by atoms with Gasteiger partial charge in [0.25, 0.3) is 0 Å². The lowest BCUT2D eigenvalue weighted by Crippen LogP contribution is -2.17. The van der Waals surface area contributed by atoms with Crippen LogP contribution in [0.15, 0.2) is 12.1 Å². The number of rotatable bonds is 7. The molecule has 1 nitrogen and oxygen atoms in total. The third-order valence-corrected chi connectivity index (χ3v) is 3.86. The van der Waals surface area contributed by atoms with E-state index in [0.29, 0.717) is 12.3 Å². The first-order valence-electron chi connectivity index (χ1n) is 6.89. The molecular weight excluding hydrogens is 268 g/mol. The molecule has 0 aliphatic heterocycles. The standard InChI is InChI=1S/C15H22ClF2N/c1-3-5-6-10(4-2)7-15(19)11-8-14(18)12(16)9-13(11)17/h8-10,15H,3-7,19H2,1-2H3. The summed E-state index contributed by atoms with van der Waals surface area (Å²) in [5.41, 5.74) is 6.23. The van der Waals surface area contributed by atoms with E-state index in [0.717, 1.165) is 37.8 Å². The van der Waals surface area contributed by atoms with E-state index in [2.05, 4.69) is 13.8 Å². The first-order valence-corrected chi connectivity index (χ1v) is 7.27. The van der Waals surface area contributed by atoms with Crippen molar-refractivity contribution >= 4 is 11.6 Å². The monoisotopic (exact) mass is 289 g/mol. The summed E-state index contributed by atoms with van der Waals surface area (Å²) >= 11 is 5.54. The summed E-state index contributed by atoms with van der Waals surface area (Å²) < 4.78 is 27.1. The van der Waals surface area contributed by atoms with E-state index in [-0.39, 0.29) is 10.6 Å². The molecule has 2 N–H and O–H groups in total. The van der Waals surface area contributed by atoms with Crippen LogP contribution in [-0.2, 0) is 0 Å². The summed E-state index contributed by atoms with van der Waals surface area (Å²) in [6.07, 6.45) is 5.04. The highest BCUT2D eigenvalue weighted by atomic mass is 35.5. The van der Waals surface area contributed by atoms with Gasteiger partial charge in [-0.1, -0.05) is 51.1 Å². The van der Waals surface area contributed by atoms with Crippen LogP contribution >= 0.6 is 11.6 Å². The Balaban J connectivity index is 2.76. The van der Waals surface area contributed by atoms with Crippen LogP contribution in [0.25, 0.3) is 0 Å². The molecule has 2 unspecified atom stereocenters. The largest absolute Gasteiger partial charge is 0.324 e. The van der Waals surface area contributed by atoms with E-state index in [1.807, 2.05) is 0 Å². The molecule has 0 aliphatic rings. The van der Waals surface area contributed by atoms with Gasteiger partial charge in [0.05, 0.1) is 5.02 Å². The molecule has 0 amide bonds. The van der Waals surface area contributed by atoms with Crippen LogP contribution in [0.5, 0.6) is 0 Å². The molecule has 4 heteroatoms. The molecule has 1 rings (SSSR count). The summed E-state index contributed by atoms with van der Waals surface area (Å²) in [5.74, 6) is -0.688. The average Bonchev–Trinajstić information content (AvgIpc) is 2.38. The number of halogens is 3. The predicted molar refractivity (Wildman–Crippen MR) is 76.2 cm³/mol. The maximum atomic E-state index is 13.8. The van der Waals surface area contributed by atoms with Crippen molar-refractivity contribution in [3.05, 3.63) is 34.4 Å².